The zero-order chi connectivity index (χ0) is 12.4. The SMILES string of the molecule is Cc1nc(Oc2cc(Cl)ccc2N)cc(=O)[nH]1. The first-order chi connectivity index (χ1) is 8.04. The summed E-state index contributed by atoms with van der Waals surface area (Å²) < 4.78 is 5.41. The number of aryl methyl sites for hydroxylation is 1. The smallest absolute Gasteiger partial charge is 0.254 e. The summed E-state index contributed by atoms with van der Waals surface area (Å²) in [6.07, 6.45) is 0. The van der Waals surface area contributed by atoms with Gasteiger partial charge in [0.25, 0.3) is 5.56 Å². The van der Waals surface area contributed by atoms with Crippen LogP contribution in [0.1, 0.15) is 5.82 Å². The maximum Gasteiger partial charge on any atom is 0.254 e. The van der Waals surface area contributed by atoms with Crippen LogP contribution in [0.5, 0.6) is 11.6 Å². The molecular formula is C11H10ClN3O2. The van der Waals surface area contributed by atoms with Gasteiger partial charge in [0.05, 0.1) is 11.8 Å². The van der Waals surface area contributed by atoms with Gasteiger partial charge in [-0.3, -0.25) is 4.79 Å². The van der Waals surface area contributed by atoms with Crippen molar-refractivity contribution in [2.75, 3.05) is 5.73 Å². The van der Waals surface area contributed by atoms with Gasteiger partial charge >= 0.3 is 0 Å². The second kappa shape index (κ2) is 4.47. The topological polar surface area (TPSA) is 81.0 Å². The summed E-state index contributed by atoms with van der Waals surface area (Å²) in [6, 6.07) is 6.08. The molecule has 0 spiro atoms. The number of aromatic amines is 1. The van der Waals surface area contributed by atoms with Crippen molar-refractivity contribution in [1.29, 1.82) is 0 Å². The van der Waals surface area contributed by atoms with Gasteiger partial charge in [0, 0.05) is 11.1 Å². The lowest BCUT2D eigenvalue weighted by Crippen LogP contribution is -2.08. The van der Waals surface area contributed by atoms with E-state index in [9.17, 15) is 4.79 Å². The van der Waals surface area contributed by atoms with E-state index >= 15 is 0 Å². The molecule has 0 atom stereocenters. The molecule has 0 amide bonds. The number of H-pyrrole nitrogens is 1. The number of hydrogen-bond donors (Lipinski definition) is 2. The Morgan fingerprint density at radius 1 is 1.41 bits per heavy atom. The molecule has 6 heteroatoms. The third-order valence-corrected chi connectivity index (χ3v) is 2.26. The number of nitrogen functional groups attached to an aromatic ring is 1. The summed E-state index contributed by atoms with van der Waals surface area (Å²) in [5.74, 6) is 1.02. The van der Waals surface area contributed by atoms with Gasteiger partial charge < -0.3 is 15.5 Å². The quantitative estimate of drug-likeness (QED) is 0.801. The second-order valence-corrected chi connectivity index (χ2v) is 3.89. The summed E-state index contributed by atoms with van der Waals surface area (Å²) >= 11 is 5.82. The van der Waals surface area contributed by atoms with Crippen molar-refractivity contribution in [2.45, 2.75) is 6.92 Å². The standard InChI is InChI=1S/C11H10ClN3O2/c1-6-14-10(16)5-11(15-6)17-9-4-7(12)2-3-8(9)13/h2-5H,13H2,1H3,(H,14,15,16). The first-order valence-corrected chi connectivity index (χ1v) is 5.23. The molecule has 0 aliphatic carbocycles. The van der Waals surface area contributed by atoms with Crippen LogP contribution in [0, 0.1) is 6.92 Å². The molecule has 3 N–H and O–H groups in total. The Labute approximate surface area is 102 Å². The van der Waals surface area contributed by atoms with Crippen molar-refractivity contribution in [3.05, 3.63) is 45.5 Å². The van der Waals surface area contributed by atoms with Crippen molar-refractivity contribution < 1.29 is 4.74 Å². The molecule has 2 rings (SSSR count). The van der Waals surface area contributed by atoms with Gasteiger partial charge in [-0.2, -0.15) is 0 Å². The van der Waals surface area contributed by atoms with Crippen LogP contribution >= 0.6 is 11.6 Å². The fourth-order valence-corrected chi connectivity index (χ4v) is 1.48. The molecular weight excluding hydrogens is 242 g/mol. The number of halogens is 1. The summed E-state index contributed by atoms with van der Waals surface area (Å²) in [5.41, 5.74) is 5.86. The van der Waals surface area contributed by atoms with E-state index in [0.29, 0.717) is 22.3 Å². The maximum absolute atomic E-state index is 11.2. The van der Waals surface area contributed by atoms with Crippen molar-refractivity contribution in [1.82, 2.24) is 9.97 Å². The predicted octanol–water partition coefficient (Wildman–Crippen LogP) is 2.11. The summed E-state index contributed by atoms with van der Waals surface area (Å²) in [6.45, 7) is 1.66. The van der Waals surface area contributed by atoms with Crippen LogP contribution in [0.25, 0.3) is 0 Å². The van der Waals surface area contributed by atoms with E-state index in [1.165, 1.54) is 6.07 Å². The zero-order valence-corrected chi connectivity index (χ0v) is 9.78. The Morgan fingerprint density at radius 3 is 2.88 bits per heavy atom. The molecule has 1 aromatic heterocycles. The number of nitrogens with one attached hydrogen (secondary N) is 1. The molecule has 1 heterocycles. The molecule has 0 fully saturated rings. The highest BCUT2D eigenvalue weighted by Gasteiger charge is 2.05. The van der Waals surface area contributed by atoms with Gasteiger partial charge in [-0.15, -0.1) is 0 Å². The first kappa shape index (κ1) is 11.5. The van der Waals surface area contributed by atoms with Gasteiger partial charge in [0.2, 0.25) is 5.88 Å². The molecule has 17 heavy (non-hydrogen) atoms. The highest BCUT2D eigenvalue weighted by molar-refractivity contribution is 6.30. The van der Waals surface area contributed by atoms with Gasteiger partial charge in [0.1, 0.15) is 5.82 Å². The molecule has 0 aliphatic heterocycles. The number of rotatable bonds is 2. The molecule has 0 radical (unpaired) electrons. The second-order valence-electron chi connectivity index (χ2n) is 3.45. The summed E-state index contributed by atoms with van der Waals surface area (Å²) in [4.78, 5) is 17.8. The lowest BCUT2D eigenvalue weighted by Gasteiger charge is -2.07. The van der Waals surface area contributed by atoms with Gasteiger partial charge in [-0.1, -0.05) is 11.6 Å². The van der Waals surface area contributed by atoms with E-state index in [-0.39, 0.29) is 11.4 Å². The van der Waals surface area contributed by atoms with Gasteiger partial charge in [-0.05, 0) is 19.1 Å². The van der Waals surface area contributed by atoms with Crippen molar-refractivity contribution >= 4 is 17.3 Å². The minimum absolute atomic E-state index is 0.181. The van der Waals surface area contributed by atoms with Gasteiger partial charge in [0.15, 0.2) is 5.75 Å². The van der Waals surface area contributed by atoms with E-state index in [2.05, 4.69) is 9.97 Å². The third-order valence-electron chi connectivity index (χ3n) is 2.03. The Hall–Kier alpha value is -2.01. The average Bonchev–Trinajstić information content (AvgIpc) is 2.22. The number of hydrogen-bond acceptors (Lipinski definition) is 4. The molecule has 88 valence electrons. The number of anilines is 1. The summed E-state index contributed by atoms with van der Waals surface area (Å²) in [7, 11) is 0. The molecule has 0 saturated carbocycles. The van der Waals surface area contributed by atoms with E-state index in [1.54, 1.807) is 25.1 Å². The molecule has 5 nitrogen and oxygen atoms in total. The largest absolute Gasteiger partial charge is 0.437 e. The first-order valence-electron chi connectivity index (χ1n) is 4.85. The Morgan fingerprint density at radius 2 is 2.18 bits per heavy atom. The van der Waals surface area contributed by atoms with E-state index in [4.69, 9.17) is 22.1 Å². The maximum atomic E-state index is 11.2. The lowest BCUT2D eigenvalue weighted by atomic mass is 10.3. The van der Waals surface area contributed by atoms with Crippen LogP contribution in [-0.4, -0.2) is 9.97 Å². The minimum Gasteiger partial charge on any atom is -0.437 e. The third kappa shape index (κ3) is 2.76. The van der Waals surface area contributed by atoms with E-state index in [0.717, 1.165) is 0 Å². The van der Waals surface area contributed by atoms with Crippen LogP contribution in [0.3, 0.4) is 0 Å². The van der Waals surface area contributed by atoms with Crippen LogP contribution < -0.4 is 16.0 Å². The molecule has 0 aliphatic rings. The van der Waals surface area contributed by atoms with Crippen LogP contribution in [-0.2, 0) is 0 Å². The summed E-state index contributed by atoms with van der Waals surface area (Å²) in [5, 5.41) is 0.496. The number of ether oxygens (including phenoxy) is 1. The minimum atomic E-state index is -0.284. The number of aromatic nitrogens is 2. The molecule has 1 aromatic carbocycles. The fourth-order valence-electron chi connectivity index (χ4n) is 1.31. The van der Waals surface area contributed by atoms with Crippen molar-refractivity contribution in [3.63, 3.8) is 0 Å². The highest BCUT2D eigenvalue weighted by Crippen LogP contribution is 2.28. The fraction of sp³-hybridized carbons (Fsp3) is 0.0909. The average molecular weight is 252 g/mol. The van der Waals surface area contributed by atoms with Crippen LogP contribution in [0.2, 0.25) is 5.02 Å². The molecule has 2 aromatic rings. The van der Waals surface area contributed by atoms with E-state index in [1.807, 2.05) is 0 Å². The van der Waals surface area contributed by atoms with Crippen molar-refractivity contribution in [3.8, 4) is 11.6 Å². The number of benzene rings is 1. The zero-order valence-electron chi connectivity index (χ0n) is 9.03. The van der Waals surface area contributed by atoms with Crippen molar-refractivity contribution in [2.24, 2.45) is 0 Å². The Bertz CT molecular complexity index is 610. The number of nitrogens with zero attached hydrogens (tertiary/aromatic N) is 1. The monoisotopic (exact) mass is 251 g/mol. The van der Waals surface area contributed by atoms with Crippen LogP contribution in [0.4, 0.5) is 5.69 Å². The molecule has 0 unspecified atom stereocenters. The lowest BCUT2D eigenvalue weighted by molar-refractivity contribution is 0.461. The van der Waals surface area contributed by atoms with Gasteiger partial charge in [-0.25, -0.2) is 4.98 Å². The Kier molecular flexibility index (Phi) is 3.01. The normalized spacial score (nSPS) is 10.2. The van der Waals surface area contributed by atoms with Crippen LogP contribution in [0.15, 0.2) is 29.1 Å². The predicted molar refractivity (Wildman–Crippen MR) is 65.5 cm³/mol. The Balaban J connectivity index is 2.37. The molecule has 0 bridgehead atoms. The molecule has 0 saturated heterocycles. The highest BCUT2D eigenvalue weighted by atomic mass is 35.5. The number of nitrogens with two attached hydrogens (primary N) is 1. The van der Waals surface area contributed by atoms with E-state index < -0.39 is 0 Å².